The monoisotopic (exact) mass is 515 g/mol. The summed E-state index contributed by atoms with van der Waals surface area (Å²) < 4.78 is 36.3. The molecule has 0 saturated carbocycles. The Hall–Kier alpha value is -2.33. The summed E-state index contributed by atoms with van der Waals surface area (Å²) >= 11 is 1.48. The minimum Gasteiger partial charge on any atom is -0.380 e. The highest BCUT2D eigenvalue weighted by Crippen LogP contribution is 2.25. The Morgan fingerprint density at radius 2 is 1.94 bits per heavy atom. The minimum absolute atomic E-state index is 0.211. The summed E-state index contributed by atoms with van der Waals surface area (Å²) in [5.41, 5.74) is 3.69. The first-order valence-electron chi connectivity index (χ1n) is 12.1. The third-order valence-corrected chi connectivity index (χ3v) is 9.44. The van der Waals surface area contributed by atoms with E-state index in [4.69, 9.17) is 4.74 Å². The van der Waals surface area contributed by atoms with Crippen molar-refractivity contribution in [3.63, 3.8) is 0 Å². The molecule has 2 heterocycles. The molecule has 0 aliphatic carbocycles. The van der Waals surface area contributed by atoms with Crippen LogP contribution < -0.4 is 4.80 Å². The number of benzene rings is 2. The van der Waals surface area contributed by atoms with Gasteiger partial charge in [-0.3, -0.25) is 4.79 Å². The molecule has 1 atom stereocenters. The molecular formula is C26H33N3O4S2. The normalized spacial score (nSPS) is 17.8. The van der Waals surface area contributed by atoms with Crippen LogP contribution in [0.1, 0.15) is 48.2 Å². The van der Waals surface area contributed by atoms with Gasteiger partial charge in [-0.25, -0.2) is 8.42 Å². The standard InChI is InChI=1S/C26H33N3O4S2/c1-5-33-14-13-29-23-16-19(3)15-20(4)24(23)34-26(29)27-25(30)21-8-10-22(11-9-21)35(31,32)28-12-6-7-18(2)17-28/h8-11,15-16,18H,5-7,12-14,17H2,1-4H3. The Kier molecular flexibility index (Phi) is 7.90. The van der Waals surface area contributed by atoms with Crippen molar-refractivity contribution in [1.29, 1.82) is 0 Å². The van der Waals surface area contributed by atoms with E-state index in [1.807, 2.05) is 11.5 Å². The molecule has 1 aliphatic heterocycles. The molecule has 3 aromatic rings. The van der Waals surface area contributed by atoms with E-state index >= 15 is 0 Å². The molecule has 1 aliphatic rings. The van der Waals surface area contributed by atoms with Gasteiger partial charge in [0.1, 0.15) is 0 Å². The van der Waals surface area contributed by atoms with Crippen molar-refractivity contribution in [2.45, 2.75) is 52.0 Å². The predicted octanol–water partition coefficient (Wildman–Crippen LogP) is 4.52. The van der Waals surface area contributed by atoms with Crippen molar-refractivity contribution < 1.29 is 17.9 Å². The van der Waals surface area contributed by atoms with Gasteiger partial charge in [0.2, 0.25) is 10.0 Å². The second kappa shape index (κ2) is 10.7. The number of amides is 1. The molecule has 0 spiro atoms. The zero-order valence-corrected chi connectivity index (χ0v) is 22.4. The molecule has 9 heteroatoms. The molecule has 35 heavy (non-hydrogen) atoms. The third kappa shape index (κ3) is 5.58. The zero-order chi connectivity index (χ0) is 25.2. The number of carbonyl (C=O) groups is 1. The number of hydrogen-bond donors (Lipinski definition) is 0. The maximum absolute atomic E-state index is 13.1. The minimum atomic E-state index is -3.57. The molecule has 188 valence electrons. The van der Waals surface area contributed by atoms with Crippen LogP contribution >= 0.6 is 11.3 Å². The van der Waals surface area contributed by atoms with Crippen LogP contribution in [-0.2, 0) is 21.3 Å². The molecule has 4 rings (SSSR count). The first-order chi connectivity index (χ1) is 16.7. The van der Waals surface area contributed by atoms with Crippen molar-refractivity contribution >= 4 is 37.5 Å². The van der Waals surface area contributed by atoms with Crippen LogP contribution in [0, 0.1) is 19.8 Å². The van der Waals surface area contributed by atoms with E-state index in [-0.39, 0.29) is 4.90 Å². The first-order valence-corrected chi connectivity index (χ1v) is 14.3. The van der Waals surface area contributed by atoms with Crippen LogP contribution in [0.4, 0.5) is 0 Å². The van der Waals surface area contributed by atoms with Crippen molar-refractivity contribution in [3.8, 4) is 0 Å². The topological polar surface area (TPSA) is 81.0 Å². The van der Waals surface area contributed by atoms with E-state index < -0.39 is 15.9 Å². The van der Waals surface area contributed by atoms with E-state index in [9.17, 15) is 13.2 Å². The SMILES string of the molecule is CCOCCn1c(=NC(=O)c2ccc(S(=O)(=O)N3CCCC(C)C3)cc2)sc2c(C)cc(C)cc21. The summed E-state index contributed by atoms with van der Waals surface area (Å²) in [6.45, 7) is 11.0. The van der Waals surface area contributed by atoms with Crippen LogP contribution in [0.15, 0.2) is 46.3 Å². The van der Waals surface area contributed by atoms with E-state index in [1.54, 1.807) is 16.4 Å². The Balaban J connectivity index is 1.65. The lowest BCUT2D eigenvalue weighted by Crippen LogP contribution is -2.39. The third-order valence-electron chi connectivity index (χ3n) is 6.33. The molecular weight excluding hydrogens is 482 g/mol. The van der Waals surface area contributed by atoms with E-state index in [1.165, 1.54) is 23.5 Å². The fourth-order valence-electron chi connectivity index (χ4n) is 4.55. The van der Waals surface area contributed by atoms with Crippen LogP contribution in [0.5, 0.6) is 0 Å². The number of thiazole rings is 1. The molecule has 2 aromatic carbocycles. The lowest BCUT2D eigenvalue weighted by molar-refractivity contribution is 0.0996. The summed E-state index contributed by atoms with van der Waals surface area (Å²) in [6, 6.07) is 10.4. The maximum Gasteiger partial charge on any atom is 0.279 e. The number of rotatable bonds is 7. The lowest BCUT2D eigenvalue weighted by Gasteiger charge is -2.30. The van der Waals surface area contributed by atoms with E-state index in [2.05, 4.69) is 37.9 Å². The van der Waals surface area contributed by atoms with Crippen molar-refractivity contribution in [2.24, 2.45) is 10.9 Å². The summed E-state index contributed by atoms with van der Waals surface area (Å²) in [7, 11) is -3.57. The van der Waals surface area contributed by atoms with Gasteiger partial charge < -0.3 is 9.30 Å². The summed E-state index contributed by atoms with van der Waals surface area (Å²) in [4.78, 5) is 18.3. The number of fused-ring (bicyclic) bond motifs is 1. The summed E-state index contributed by atoms with van der Waals surface area (Å²) in [5, 5.41) is 0. The predicted molar refractivity (Wildman–Crippen MR) is 139 cm³/mol. The summed E-state index contributed by atoms with van der Waals surface area (Å²) in [6.07, 6.45) is 1.91. The highest BCUT2D eigenvalue weighted by Gasteiger charge is 2.28. The Bertz CT molecular complexity index is 1390. The molecule has 0 radical (unpaired) electrons. The van der Waals surface area contributed by atoms with Crippen molar-refractivity contribution in [3.05, 3.63) is 57.9 Å². The lowest BCUT2D eigenvalue weighted by atomic mass is 10.0. The largest absolute Gasteiger partial charge is 0.380 e. The smallest absolute Gasteiger partial charge is 0.279 e. The first kappa shape index (κ1) is 25.8. The number of hydrogen-bond acceptors (Lipinski definition) is 5. The molecule has 0 bridgehead atoms. The van der Waals surface area contributed by atoms with Gasteiger partial charge >= 0.3 is 0 Å². The Morgan fingerprint density at radius 1 is 1.20 bits per heavy atom. The summed E-state index contributed by atoms with van der Waals surface area (Å²) in [5.74, 6) is -0.0482. The van der Waals surface area contributed by atoms with Gasteiger partial charge in [0.05, 0.1) is 21.7 Å². The van der Waals surface area contributed by atoms with Gasteiger partial charge in [-0.2, -0.15) is 9.30 Å². The van der Waals surface area contributed by atoms with Gasteiger partial charge in [-0.05, 0) is 81.0 Å². The molecule has 1 saturated heterocycles. The van der Waals surface area contributed by atoms with Crippen LogP contribution in [0.2, 0.25) is 0 Å². The quantitative estimate of drug-likeness (QED) is 0.434. The number of aryl methyl sites for hydroxylation is 2. The second-order valence-corrected chi connectivity index (χ2v) is 12.1. The second-order valence-electron chi connectivity index (χ2n) is 9.22. The van der Waals surface area contributed by atoms with Gasteiger partial charge in [0.25, 0.3) is 5.91 Å². The van der Waals surface area contributed by atoms with Crippen LogP contribution in [-0.4, -0.2) is 49.5 Å². The van der Waals surface area contributed by atoms with Crippen LogP contribution in [0.25, 0.3) is 10.2 Å². The number of carbonyl (C=O) groups excluding carboxylic acids is 1. The fraction of sp³-hybridized carbons (Fsp3) is 0.462. The molecule has 0 N–H and O–H groups in total. The van der Waals surface area contributed by atoms with Gasteiger partial charge in [0.15, 0.2) is 4.80 Å². The molecule has 1 amide bonds. The average molecular weight is 516 g/mol. The van der Waals surface area contributed by atoms with E-state index in [0.29, 0.717) is 49.1 Å². The molecule has 1 fully saturated rings. The van der Waals surface area contributed by atoms with Gasteiger partial charge in [-0.1, -0.05) is 24.3 Å². The van der Waals surface area contributed by atoms with E-state index in [0.717, 1.165) is 34.2 Å². The average Bonchev–Trinajstić information content (AvgIpc) is 3.16. The highest BCUT2D eigenvalue weighted by atomic mass is 32.2. The highest BCUT2D eigenvalue weighted by molar-refractivity contribution is 7.89. The van der Waals surface area contributed by atoms with Crippen molar-refractivity contribution in [1.82, 2.24) is 8.87 Å². The molecule has 1 unspecified atom stereocenters. The number of ether oxygens (including phenoxy) is 1. The number of piperidine rings is 1. The fourth-order valence-corrected chi connectivity index (χ4v) is 7.25. The molecule has 1 aromatic heterocycles. The zero-order valence-electron chi connectivity index (χ0n) is 20.8. The number of nitrogens with zero attached hydrogens (tertiary/aromatic N) is 3. The number of sulfonamides is 1. The van der Waals surface area contributed by atoms with Crippen LogP contribution in [0.3, 0.4) is 0 Å². The van der Waals surface area contributed by atoms with Gasteiger partial charge in [0, 0.05) is 31.8 Å². The Labute approximate surface area is 211 Å². The van der Waals surface area contributed by atoms with Crippen molar-refractivity contribution in [2.75, 3.05) is 26.3 Å². The number of aromatic nitrogens is 1. The molecule has 7 nitrogen and oxygen atoms in total. The Morgan fingerprint density at radius 3 is 2.63 bits per heavy atom. The van der Waals surface area contributed by atoms with Gasteiger partial charge in [-0.15, -0.1) is 0 Å². The maximum atomic E-state index is 13.1.